The summed E-state index contributed by atoms with van der Waals surface area (Å²) in [6, 6.07) is 22.1. The van der Waals surface area contributed by atoms with Crippen molar-refractivity contribution in [2.24, 2.45) is 0 Å². The third-order valence-electron chi connectivity index (χ3n) is 5.07. The van der Waals surface area contributed by atoms with Crippen LogP contribution in [0.4, 0.5) is 16.2 Å². The topological polar surface area (TPSA) is 93.7 Å². The number of aryl methyl sites for hydroxylation is 1. The quantitative estimate of drug-likeness (QED) is 0.406. The normalized spacial score (nSPS) is 10.9. The molecule has 0 aromatic heterocycles. The van der Waals surface area contributed by atoms with E-state index in [1.54, 1.807) is 51.1 Å². The van der Waals surface area contributed by atoms with Crippen molar-refractivity contribution in [1.29, 1.82) is 0 Å². The molecule has 3 aromatic rings. The number of anilines is 2. The SMILES string of the molecule is COC(=O)CCc1ccc(C(=O)Nc2cc(-c3ccccc3)ccc2NC(=O)OC(C)(C)C)cc1. The summed E-state index contributed by atoms with van der Waals surface area (Å²) in [4.78, 5) is 36.8. The first-order valence-corrected chi connectivity index (χ1v) is 11.3. The number of carbonyl (C=O) groups excluding carboxylic acids is 3. The largest absolute Gasteiger partial charge is 0.469 e. The Labute approximate surface area is 205 Å². The molecule has 0 saturated carbocycles. The summed E-state index contributed by atoms with van der Waals surface area (Å²) in [5.74, 6) is -0.614. The maximum atomic E-state index is 13.0. The van der Waals surface area contributed by atoms with Crippen molar-refractivity contribution in [2.75, 3.05) is 17.7 Å². The summed E-state index contributed by atoms with van der Waals surface area (Å²) in [7, 11) is 1.36. The highest BCUT2D eigenvalue weighted by Crippen LogP contribution is 2.30. The summed E-state index contributed by atoms with van der Waals surface area (Å²) in [5.41, 5.74) is 3.42. The summed E-state index contributed by atoms with van der Waals surface area (Å²) >= 11 is 0. The first-order valence-electron chi connectivity index (χ1n) is 11.3. The number of hydrogen-bond donors (Lipinski definition) is 2. The highest BCUT2D eigenvalue weighted by Gasteiger charge is 2.18. The average molecular weight is 475 g/mol. The summed E-state index contributed by atoms with van der Waals surface area (Å²) in [5, 5.41) is 5.63. The summed E-state index contributed by atoms with van der Waals surface area (Å²) < 4.78 is 10.0. The van der Waals surface area contributed by atoms with Crippen molar-refractivity contribution in [1.82, 2.24) is 0 Å². The number of benzene rings is 3. The van der Waals surface area contributed by atoms with E-state index in [0.717, 1.165) is 16.7 Å². The number of esters is 1. The van der Waals surface area contributed by atoms with Crippen LogP contribution in [0.1, 0.15) is 43.1 Å². The maximum Gasteiger partial charge on any atom is 0.412 e. The third kappa shape index (κ3) is 7.71. The number of rotatable bonds is 7. The monoisotopic (exact) mass is 474 g/mol. The van der Waals surface area contributed by atoms with E-state index in [9.17, 15) is 14.4 Å². The van der Waals surface area contributed by atoms with Crippen LogP contribution in [0.3, 0.4) is 0 Å². The van der Waals surface area contributed by atoms with Crippen LogP contribution in [0.15, 0.2) is 72.8 Å². The van der Waals surface area contributed by atoms with Gasteiger partial charge in [0.2, 0.25) is 0 Å². The van der Waals surface area contributed by atoms with Crippen LogP contribution in [-0.4, -0.2) is 30.7 Å². The molecule has 3 aromatic carbocycles. The smallest absolute Gasteiger partial charge is 0.412 e. The first-order chi connectivity index (χ1) is 16.6. The molecule has 0 atom stereocenters. The van der Waals surface area contributed by atoms with Crippen LogP contribution in [0.25, 0.3) is 11.1 Å². The number of methoxy groups -OCH3 is 1. The van der Waals surface area contributed by atoms with Crippen molar-refractivity contribution < 1.29 is 23.9 Å². The van der Waals surface area contributed by atoms with Crippen LogP contribution in [-0.2, 0) is 20.7 Å². The second-order valence-corrected chi connectivity index (χ2v) is 8.98. The van der Waals surface area contributed by atoms with E-state index >= 15 is 0 Å². The van der Waals surface area contributed by atoms with Gasteiger partial charge in [0.25, 0.3) is 5.91 Å². The molecule has 182 valence electrons. The van der Waals surface area contributed by atoms with Crippen molar-refractivity contribution >= 4 is 29.3 Å². The Bertz CT molecular complexity index is 1180. The molecule has 35 heavy (non-hydrogen) atoms. The van der Waals surface area contributed by atoms with Crippen LogP contribution < -0.4 is 10.6 Å². The minimum atomic E-state index is -0.660. The van der Waals surface area contributed by atoms with Gasteiger partial charge in [0, 0.05) is 12.0 Å². The lowest BCUT2D eigenvalue weighted by atomic mass is 10.0. The molecule has 2 N–H and O–H groups in total. The lowest BCUT2D eigenvalue weighted by Gasteiger charge is -2.21. The van der Waals surface area contributed by atoms with E-state index in [-0.39, 0.29) is 18.3 Å². The first kappa shape index (κ1) is 25.5. The number of ether oxygens (including phenoxy) is 2. The second kappa shape index (κ2) is 11.3. The summed E-state index contributed by atoms with van der Waals surface area (Å²) in [6.07, 6.45) is 0.182. The van der Waals surface area contributed by atoms with E-state index in [1.807, 2.05) is 42.5 Å². The molecule has 0 saturated heterocycles. The molecule has 0 fully saturated rings. The molecule has 7 nitrogen and oxygen atoms in total. The van der Waals surface area contributed by atoms with Gasteiger partial charge in [-0.2, -0.15) is 0 Å². The van der Waals surface area contributed by atoms with Gasteiger partial charge >= 0.3 is 12.1 Å². The fourth-order valence-electron chi connectivity index (χ4n) is 3.35. The standard InChI is InChI=1S/C28H30N2O5/c1-28(2,3)35-27(33)30-23-16-15-22(20-8-6-5-7-9-20)18-24(23)29-26(32)21-13-10-19(11-14-21)12-17-25(31)34-4/h5-11,13-16,18H,12,17H2,1-4H3,(H,29,32)(H,30,33). The second-order valence-electron chi connectivity index (χ2n) is 8.98. The van der Waals surface area contributed by atoms with Gasteiger partial charge in [-0.05, 0) is 68.1 Å². The minimum absolute atomic E-state index is 0.272. The van der Waals surface area contributed by atoms with Crippen LogP contribution in [0, 0.1) is 0 Å². The van der Waals surface area contributed by atoms with Gasteiger partial charge < -0.3 is 14.8 Å². The minimum Gasteiger partial charge on any atom is -0.469 e. The van der Waals surface area contributed by atoms with E-state index in [2.05, 4.69) is 15.4 Å². The molecule has 0 spiro atoms. The number of carbonyl (C=O) groups is 3. The molecule has 3 rings (SSSR count). The Balaban J connectivity index is 1.82. The van der Waals surface area contributed by atoms with Gasteiger partial charge in [-0.15, -0.1) is 0 Å². The molecule has 0 aliphatic carbocycles. The number of hydrogen-bond acceptors (Lipinski definition) is 5. The molecule has 2 amide bonds. The van der Waals surface area contributed by atoms with Crippen molar-refractivity contribution in [2.45, 2.75) is 39.2 Å². The van der Waals surface area contributed by atoms with E-state index in [1.165, 1.54) is 7.11 Å². The third-order valence-corrected chi connectivity index (χ3v) is 5.07. The van der Waals surface area contributed by atoms with E-state index in [0.29, 0.717) is 23.4 Å². The van der Waals surface area contributed by atoms with Gasteiger partial charge in [-0.1, -0.05) is 48.5 Å². The molecule has 0 bridgehead atoms. The lowest BCUT2D eigenvalue weighted by molar-refractivity contribution is -0.140. The molecule has 7 heteroatoms. The zero-order valence-electron chi connectivity index (χ0n) is 20.4. The van der Waals surface area contributed by atoms with Gasteiger partial charge in [0.15, 0.2) is 0 Å². The van der Waals surface area contributed by atoms with E-state index < -0.39 is 11.7 Å². The fraction of sp³-hybridized carbons (Fsp3) is 0.250. The van der Waals surface area contributed by atoms with Crippen molar-refractivity contribution in [3.63, 3.8) is 0 Å². The lowest BCUT2D eigenvalue weighted by Crippen LogP contribution is -2.27. The Morgan fingerprint density at radius 1 is 0.800 bits per heavy atom. The fourth-order valence-corrected chi connectivity index (χ4v) is 3.35. The molecule has 0 aliphatic rings. The highest BCUT2D eigenvalue weighted by atomic mass is 16.6. The van der Waals surface area contributed by atoms with Crippen LogP contribution in [0.2, 0.25) is 0 Å². The van der Waals surface area contributed by atoms with Crippen molar-refractivity contribution in [3.05, 3.63) is 83.9 Å². The molecule has 0 unspecified atom stereocenters. The summed E-state index contributed by atoms with van der Waals surface area (Å²) in [6.45, 7) is 5.34. The maximum absolute atomic E-state index is 13.0. The van der Waals surface area contributed by atoms with Gasteiger partial charge in [-0.25, -0.2) is 4.79 Å². The van der Waals surface area contributed by atoms with Gasteiger partial charge in [0.05, 0.1) is 18.5 Å². The predicted molar refractivity (Wildman–Crippen MR) is 136 cm³/mol. The molecule has 0 heterocycles. The zero-order chi connectivity index (χ0) is 25.4. The Morgan fingerprint density at radius 3 is 2.11 bits per heavy atom. The number of nitrogens with one attached hydrogen (secondary N) is 2. The molecule has 0 radical (unpaired) electrons. The average Bonchev–Trinajstić information content (AvgIpc) is 2.83. The van der Waals surface area contributed by atoms with E-state index in [4.69, 9.17) is 4.74 Å². The molecular formula is C28H30N2O5. The van der Waals surface area contributed by atoms with Crippen LogP contribution in [0.5, 0.6) is 0 Å². The Kier molecular flexibility index (Phi) is 8.25. The molecular weight excluding hydrogens is 444 g/mol. The van der Waals surface area contributed by atoms with Gasteiger partial charge in [0.1, 0.15) is 5.60 Å². The zero-order valence-corrected chi connectivity index (χ0v) is 20.4. The highest BCUT2D eigenvalue weighted by molar-refractivity contribution is 6.07. The van der Waals surface area contributed by atoms with Crippen LogP contribution >= 0.6 is 0 Å². The molecule has 0 aliphatic heterocycles. The van der Waals surface area contributed by atoms with Crippen molar-refractivity contribution in [3.8, 4) is 11.1 Å². The predicted octanol–water partition coefficient (Wildman–Crippen LogP) is 6.06. The Morgan fingerprint density at radius 2 is 1.49 bits per heavy atom. The number of amides is 2. The Hall–Kier alpha value is -4.13. The van der Waals surface area contributed by atoms with Gasteiger partial charge in [-0.3, -0.25) is 14.9 Å².